The summed E-state index contributed by atoms with van der Waals surface area (Å²) >= 11 is 0. The number of hydrogen-bond donors (Lipinski definition) is 0. The molecule has 1 fully saturated rings. The minimum Gasteiger partial charge on any atom is -0.448 e. The molecule has 1 aliphatic carbocycles. The highest BCUT2D eigenvalue weighted by Gasteiger charge is 2.41. The quantitative estimate of drug-likeness (QED) is 0.460. The van der Waals surface area contributed by atoms with Gasteiger partial charge in [-0.2, -0.15) is 0 Å². The Balaban J connectivity index is 1.20. The molecule has 0 aromatic heterocycles. The van der Waals surface area contributed by atoms with Gasteiger partial charge < -0.3 is 4.74 Å². The number of terminal acetylenes is 1. The van der Waals surface area contributed by atoms with Gasteiger partial charge in [-0.05, 0) is 64.8 Å². The first kappa shape index (κ1) is 19.9. The summed E-state index contributed by atoms with van der Waals surface area (Å²) in [5, 5.41) is 0. The van der Waals surface area contributed by atoms with Crippen molar-refractivity contribution in [3.05, 3.63) is 101 Å². The fourth-order valence-corrected chi connectivity index (χ4v) is 5.81. The van der Waals surface area contributed by atoms with Gasteiger partial charge in [-0.1, -0.05) is 72.7 Å². The highest BCUT2D eigenvalue weighted by molar-refractivity contribution is 5.79. The van der Waals surface area contributed by atoms with Crippen molar-refractivity contribution in [2.24, 2.45) is 0 Å². The molecular formula is C30H25NO2. The third-order valence-electron chi connectivity index (χ3n) is 7.34. The second-order valence-corrected chi connectivity index (χ2v) is 9.13. The smallest absolute Gasteiger partial charge is 0.410 e. The van der Waals surface area contributed by atoms with Crippen LogP contribution in [0.2, 0.25) is 0 Å². The number of ether oxygens (including phenoxy) is 1. The van der Waals surface area contributed by atoms with Gasteiger partial charge in [0.2, 0.25) is 0 Å². The number of nitrogens with zero attached hydrogens (tertiary/aromatic N) is 1. The Morgan fingerprint density at radius 1 is 0.970 bits per heavy atom. The summed E-state index contributed by atoms with van der Waals surface area (Å²) in [5.74, 6) is 2.80. The van der Waals surface area contributed by atoms with Crippen LogP contribution in [0.15, 0.2) is 78.9 Å². The van der Waals surface area contributed by atoms with Crippen LogP contribution in [0.1, 0.15) is 47.4 Å². The molecule has 2 bridgehead atoms. The maximum absolute atomic E-state index is 13.2. The van der Waals surface area contributed by atoms with E-state index >= 15 is 0 Å². The van der Waals surface area contributed by atoms with Crippen molar-refractivity contribution in [3.63, 3.8) is 0 Å². The second kappa shape index (κ2) is 7.98. The molecular weight excluding hydrogens is 406 g/mol. The zero-order valence-electron chi connectivity index (χ0n) is 18.4. The summed E-state index contributed by atoms with van der Waals surface area (Å²) in [6, 6.07) is 25.3. The van der Waals surface area contributed by atoms with Gasteiger partial charge in [0.05, 0.1) is 6.04 Å². The Morgan fingerprint density at radius 3 is 2.39 bits per heavy atom. The highest BCUT2D eigenvalue weighted by Crippen LogP contribution is 2.45. The SMILES string of the molecule is C#Cc1cccc(C2=CC3CCC(C2)N3C(=O)OCC2c3ccccc3-c3ccccc32)c1. The normalized spacial score (nSPS) is 20.6. The molecule has 3 aliphatic rings. The summed E-state index contributed by atoms with van der Waals surface area (Å²) in [4.78, 5) is 15.2. The van der Waals surface area contributed by atoms with Crippen molar-refractivity contribution in [1.82, 2.24) is 4.90 Å². The van der Waals surface area contributed by atoms with Crippen LogP contribution in [0.3, 0.4) is 0 Å². The van der Waals surface area contributed by atoms with E-state index in [-0.39, 0.29) is 24.1 Å². The molecule has 0 saturated carbocycles. The molecule has 1 amide bonds. The largest absolute Gasteiger partial charge is 0.448 e. The first-order chi connectivity index (χ1) is 16.2. The van der Waals surface area contributed by atoms with E-state index in [0.29, 0.717) is 6.61 Å². The maximum Gasteiger partial charge on any atom is 0.410 e. The van der Waals surface area contributed by atoms with Crippen LogP contribution in [-0.2, 0) is 4.74 Å². The molecule has 0 N–H and O–H groups in total. The van der Waals surface area contributed by atoms with E-state index in [0.717, 1.165) is 30.4 Å². The average Bonchev–Trinajstić information content (AvgIpc) is 3.33. The molecule has 0 spiro atoms. The molecule has 2 atom stereocenters. The van der Waals surface area contributed by atoms with Crippen molar-refractivity contribution in [1.29, 1.82) is 0 Å². The van der Waals surface area contributed by atoms with Gasteiger partial charge in [-0.15, -0.1) is 6.42 Å². The monoisotopic (exact) mass is 431 g/mol. The van der Waals surface area contributed by atoms with Crippen LogP contribution in [0.4, 0.5) is 4.79 Å². The van der Waals surface area contributed by atoms with Crippen LogP contribution in [-0.4, -0.2) is 29.7 Å². The highest BCUT2D eigenvalue weighted by atomic mass is 16.6. The lowest BCUT2D eigenvalue weighted by Crippen LogP contribution is -2.43. The van der Waals surface area contributed by atoms with E-state index in [1.807, 2.05) is 17.0 Å². The standard InChI is InChI=1S/C30H25NO2/c1-2-20-8-7-9-21(16-20)22-17-23-14-15-24(18-22)31(23)30(32)33-19-29-27-12-5-3-10-25(27)26-11-4-6-13-28(26)29/h1,3-13,16-17,23-24,29H,14-15,18-19H2. The molecule has 2 unspecified atom stereocenters. The number of amides is 1. The lowest BCUT2D eigenvalue weighted by molar-refractivity contribution is 0.0866. The van der Waals surface area contributed by atoms with E-state index in [9.17, 15) is 4.79 Å². The molecule has 2 aliphatic heterocycles. The number of benzene rings is 3. The first-order valence-corrected chi connectivity index (χ1v) is 11.6. The molecule has 3 heteroatoms. The first-order valence-electron chi connectivity index (χ1n) is 11.6. The Kier molecular flexibility index (Phi) is 4.80. The number of carbonyl (C=O) groups is 1. The van der Waals surface area contributed by atoms with E-state index in [2.05, 4.69) is 72.7 Å². The summed E-state index contributed by atoms with van der Waals surface area (Å²) < 4.78 is 5.97. The fourth-order valence-electron chi connectivity index (χ4n) is 5.81. The van der Waals surface area contributed by atoms with Gasteiger partial charge in [-0.25, -0.2) is 4.79 Å². The average molecular weight is 432 g/mol. The third-order valence-corrected chi connectivity index (χ3v) is 7.34. The predicted molar refractivity (Wildman–Crippen MR) is 131 cm³/mol. The molecule has 3 nitrogen and oxygen atoms in total. The van der Waals surface area contributed by atoms with Crippen LogP contribution in [0.25, 0.3) is 16.7 Å². The Bertz CT molecular complexity index is 1270. The molecule has 6 rings (SSSR count). The van der Waals surface area contributed by atoms with Crippen molar-refractivity contribution in [3.8, 4) is 23.5 Å². The zero-order chi connectivity index (χ0) is 22.4. The van der Waals surface area contributed by atoms with Gasteiger partial charge in [0.25, 0.3) is 0 Å². The fraction of sp³-hybridized carbons (Fsp3) is 0.233. The minimum atomic E-state index is -0.197. The van der Waals surface area contributed by atoms with E-state index in [1.54, 1.807) is 0 Å². The Hall–Kier alpha value is -3.77. The zero-order valence-corrected chi connectivity index (χ0v) is 18.4. The van der Waals surface area contributed by atoms with Gasteiger partial charge in [0.15, 0.2) is 0 Å². The van der Waals surface area contributed by atoms with Crippen LogP contribution in [0.5, 0.6) is 0 Å². The van der Waals surface area contributed by atoms with Gasteiger partial charge >= 0.3 is 6.09 Å². The molecule has 2 heterocycles. The number of hydrogen-bond acceptors (Lipinski definition) is 2. The van der Waals surface area contributed by atoms with Gasteiger partial charge in [0, 0.05) is 17.5 Å². The molecule has 3 aromatic rings. The van der Waals surface area contributed by atoms with Crippen molar-refractivity contribution >= 4 is 11.7 Å². The molecule has 0 radical (unpaired) electrons. The number of fused-ring (bicyclic) bond motifs is 5. The molecule has 33 heavy (non-hydrogen) atoms. The topological polar surface area (TPSA) is 29.5 Å². The lowest BCUT2D eigenvalue weighted by Gasteiger charge is -2.33. The number of carbonyl (C=O) groups excluding carboxylic acids is 1. The number of rotatable bonds is 3. The van der Waals surface area contributed by atoms with Crippen molar-refractivity contribution < 1.29 is 9.53 Å². The van der Waals surface area contributed by atoms with Crippen LogP contribution in [0, 0.1) is 12.3 Å². The lowest BCUT2D eigenvalue weighted by atomic mass is 9.94. The molecule has 1 saturated heterocycles. The summed E-state index contributed by atoms with van der Waals surface area (Å²) in [7, 11) is 0. The molecule has 3 aromatic carbocycles. The predicted octanol–water partition coefficient (Wildman–Crippen LogP) is 6.24. The van der Waals surface area contributed by atoms with E-state index in [4.69, 9.17) is 11.2 Å². The van der Waals surface area contributed by atoms with Gasteiger partial charge in [-0.3, -0.25) is 4.90 Å². The van der Waals surface area contributed by atoms with E-state index < -0.39 is 0 Å². The van der Waals surface area contributed by atoms with Crippen molar-refractivity contribution in [2.45, 2.75) is 37.3 Å². The van der Waals surface area contributed by atoms with Gasteiger partial charge in [0.1, 0.15) is 6.61 Å². The molecule has 162 valence electrons. The van der Waals surface area contributed by atoms with Crippen molar-refractivity contribution in [2.75, 3.05) is 6.61 Å². The second-order valence-electron chi connectivity index (χ2n) is 9.13. The Morgan fingerprint density at radius 2 is 1.70 bits per heavy atom. The third kappa shape index (κ3) is 3.34. The summed E-state index contributed by atoms with van der Waals surface area (Å²) in [6.07, 6.45) is 10.4. The maximum atomic E-state index is 13.2. The Labute approximate surface area is 194 Å². The summed E-state index contributed by atoms with van der Waals surface area (Å²) in [5.41, 5.74) is 8.30. The summed E-state index contributed by atoms with van der Waals surface area (Å²) in [6.45, 7) is 0.365. The van der Waals surface area contributed by atoms with Crippen LogP contribution >= 0.6 is 0 Å². The van der Waals surface area contributed by atoms with E-state index in [1.165, 1.54) is 27.8 Å². The minimum absolute atomic E-state index is 0.0846. The van der Waals surface area contributed by atoms with Crippen LogP contribution < -0.4 is 0 Å².